The predicted molar refractivity (Wildman–Crippen MR) is 123 cm³/mol. The van der Waals surface area contributed by atoms with Gasteiger partial charge in [-0.25, -0.2) is 0 Å². The monoisotopic (exact) mass is 419 g/mol. The first-order chi connectivity index (χ1) is 14.9. The smallest absolute Gasteiger partial charge is 0.151 e. The number of pyridine rings is 1. The predicted octanol–water partition coefficient (Wildman–Crippen LogP) is 4.38. The maximum atomic E-state index is 5.73. The van der Waals surface area contributed by atoms with E-state index in [1.807, 2.05) is 54.4 Å². The topological polar surface area (TPSA) is 55.7 Å². The molecule has 30 heavy (non-hydrogen) atoms. The molecule has 1 saturated heterocycles. The summed E-state index contributed by atoms with van der Waals surface area (Å²) in [5, 5.41) is 8.08. The third-order valence-corrected chi connectivity index (χ3v) is 5.94. The Bertz CT molecular complexity index is 942. The van der Waals surface area contributed by atoms with Gasteiger partial charge in [-0.15, -0.1) is 11.8 Å². The molecular formula is C24H25N3O2S. The minimum absolute atomic E-state index is 0.383. The highest BCUT2D eigenvalue weighted by Crippen LogP contribution is 2.21. The zero-order valence-corrected chi connectivity index (χ0v) is 17.6. The number of hydrogen-bond donors (Lipinski definition) is 1. The van der Waals surface area contributed by atoms with Gasteiger partial charge in [0, 0.05) is 41.2 Å². The molecule has 5 nitrogen and oxygen atoms in total. The van der Waals surface area contributed by atoms with E-state index in [0.29, 0.717) is 18.5 Å². The maximum absolute atomic E-state index is 5.73. The lowest BCUT2D eigenvalue weighted by molar-refractivity contribution is 0.108. The number of rotatable bonds is 9. The summed E-state index contributed by atoms with van der Waals surface area (Å²) in [7, 11) is 0. The van der Waals surface area contributed by atoms with Gasteiger partial charge in [0.05, 0.1) is 6.21 Å². The fourth-order valence-electron chi connectivity index (χ4n) is 3.24. The van der Waals surface area contributed by atoms with E-state index in [9.17, 15) is 0 Å². The Morgan fingerprint density at radius 1 is 1.03 bits per heavy atom. The van der Waals surface area contributed by atoms with Crippen molar-refractivity contribution in [2.45, 2.75) is 11.7 Å². The van der Waals surface area contributed by atoms with Crippen molar-refractivity contribution in [3.05, 3.63) is 84.2 Å². The van der Waals surface area contributed by atoms with Gasteiger partial charge in [-0.1, -0.05) is 47.6 Å². The van der Waals surface area contributed by atoms with Crippen LogP contribution in [0.2, 0.25) is 0 Å². The lowest BCUT2D eigenvalue weighted by Gasteiger charge is -2.09. The van der Waals surface area contributed by atoms with Crippen molar-refractivity contribution in [2.24, 2.45) is 5.16 Å². The minimum atomic E-state index is 0.383. The van der Waals surface area contributed by atoms with E-state index < -0.39 is 0 Å². The van der Waals surface area contributed by atoms with Crippen LogP contribution < -0.4 is 10.1 Å². The van der Waals surface area contributed by atoms with Crippen LogP contribution in [-0.4, -0.2) is 42.1 Å². The molecule has 3 aromatic rings. The zero-order chi connectivity index (χ0) is 20.4. The fourth-order valence-corrected chi connectivity index (χ4v) is 4.25. The normalized spacial score (nSPS) is 16.1. The molecule has 1 unspecified atom stereocenters. The summed E-state index contributed by atoms with van der Waals surface area (Å²) in [5.41, 5.74) is 4.41. The van der Waals surface area contributed by atoms with E-state index in [4.69, 9.17) is 9.57 Å². The summed E-state index contributed by atoms with van der Waals surface area (Å²) >= 11 is 1.98. The summed E-state index contributed by atoms with van der Waals surface area (Å²) in [5.74, 6) is 1.91. The van der Waals surface area contributed by atoms with Gasteiger partial charge in [-0.2, -0.15) is 0 Å². The Morgan fingerprint density at radius 2 is 1.90 bits per heavy atom. The SMILES string of the molecule is C(=NOCCOc1ccc(CC2CNCS2)cc1)c1cncc(-c2ccccc2)c1. The summed E-state index contributed by atoms with van der Waals surface area (Å²) in [6, 6.07) is 20.5. The van der Waals surface area contributed by atoms with Gasteiger partial charge in [0.15, 0.2) is 6.61 Å². The Labute approximate surface area is 181 Å². The molecule has 0 amide bonds. The van der Waals surface area contributed by atoms with E-state index in [1.54, 1.807) is 12.4 Å². The van der Waals surface area contributed by atoms with Crippen LogP contribution in [0.5, 0.6) is 5.75 Å². The summed E-state index contributed by atoms with van der Waals surface area (Å²) in [6.45, 7) is 1.92. The molecule has 0 saturated carbocycles. The van der Waals surface area contributed by atoms with E-state index in [2.05, 4.69) is 39.7 Å². The van der Waals surface area contributed by atoms with Crippen molar-refractivity contribution < 1.29 is 9.57 Å². The fraction of sp³-hybridized carbons (Fsp3) is 0.250. The molecule has 2 aromatic carbocycles. The zero-order valence-electron chi connectivity index (χ0n) is 16.7. The molecule has 154 valence electrons. The quantitative estimate of drug-likeness (QED) is 0.317. The molecule has 0 spiro atoms. The number of thioether (sulfide) groups is 1. The van der Waals surface area contributed by atoms with Gasteiger partial charge in [-0.05, 0) is 35.7 Å². The molecule has 1 aliphatic heterocycles. The molecule has 1 aliphatic rings. The van der Waals surface area contributed by atoms with Gasteiger partial charge in [0.2, 0.25) is 0 Å². The van der Waals surface area contributed by atoms with Crippen LogP contribution in [0, 0.1) is 0 Å². The number of nitrogens with zero attached hydrogens (tertiary/aromatic N) is 2. The number of ether oxygens (including phenoxy) is 1. The van der Waals surface area contributed by atoms with Crippen molar-refractivity contribution in [1.29, 1.82) is 0 Å². The van der Waals surface area contributed by atoms with E-state index in [0.717, 1.165) is 41.3 Å². The largest absolute Gasteiger partial charge is 0.490 e. The second-order valence-electron chi connectivity index (χ2n) is 7.02. The Balaban J connectivity index is 1.18. The third-order valence-electron chi connectivity index (χ3n) is 4.77. The first-order valence-electron chi connectivity index (χ1n) is 10.1. The Kier molecular flexibility index (Phi) is 7.36. The van der Waals surface area contributed by atoms with Crippen LogP contribution >= 0.6 is 11.8 Å². The standard InChI is InChI=1S/C24H25N3O2S/c1-2-4-21(5-3-1)22-12-20(14-25-16-22)15-27-29-11-10-28-23-8-6-19(7-9-23)13-24-17-26-18-30-24/h1-9,12,14-16,24,26H,10-11,13,17-18H2. The van der Waals surface area contributed by atoms with Crippen LogP contribution in [0.25, 0.3) is 11.1 Å². The molecule has 2 heterocycles. The number of benzene rings is 2. The molecule has 0 bridgehead atoms. The molecule has 0 aliphatic carbocycles. The number of aromatic nitrogens is 1. The van der Waals surface area contributed by atoms with Gasteiger partial charge >= 0.3 is 0 Å². The van der Waals surface area contributed by atoms with E-state index >= 15 is 0 Å². The third kappa shape index (κ3) is 6.08. The van der Waals surface area contributed by atoms with Crippen LogP contribution in [-0.2, 0) is 11.3 Å². The maximum Gasteiger partial charge on any atom is 0.151 e. The number of nitrogens with one attached hydrogen (secondary N) is 1. The van der Waals surface area contributed by atoms with Gasteiger partial charge in [-0.3, -0.25) is 4.98 Å². The van der Waals surface area contributed by atoms with Crippen molar-refractivity contribution in [1.82, 2.24) is 10.3 Å². The first-order valence-corrected chi connectivity index (χ1v) is 11.1. The van der Waals surface area contributed by atoms with Crippen molar-refractivity contribution in [3.63, 3.8) is 0 Å². The van der Waals surface area contributed by atoms with Gasteiger partial charge < -0.3 is 14.9 Å². The first kappa shape index (κ1) is 20.4. The van der Waals surface area contributed by atoms with Crippen molar-refractivity contribution >= 4 is 18.0 Å². The highest BCUT2D eigenvalue weighted by atomic mass is 32.2. The second kappa shape index (κ2) is 10.8. The van der Waals surface area contributed by atoms with Crippen LogP contribution in [0.4, 0.5) is 0 Å². The summed E-state index contributed by atoms with van der Waals surface area (Å²) in [4.78, 5) is 9.60. The molecule has 1 N–H and O–H groups in total. The summed E-state index contributed by atoms with van der Waals surface area (Å²) in [6.07, 6.45) is 6.37. The number of oxime groups is 1. The number of hydrogen-bond acceptors (Lipinski definition) is 6. The van der Waals surface area contributed by atoms with Crippen LogP contribution in [0.1, 0.15) is 11.1 Å². The van der Waals surface area contributed by atoms with Crippen LogP contribution in [0.3, 0.4) is 0 Å². The van der Waals surface area contributed by atoms with Crippen LogP contribution in [0.15, 0.2) is 78.2 Å². The Morgan fingerprint density at radius 3 is 2.70 bits per heavy atom. The Hall–Kier alpha value is -2.83. The van der Waals surface area contributed by atoms with E-state index in [1.165, 1.54) is 5.56 Å². The molecule has 1 fully saturated rings. The average Bonchev–Trinajstić information content (AvgIpc) is 3.31. The van der Waals surface area contributed by atoms with Gasteiger partial charge in [0.1, 0.15) is 12.4 Å². The lowest BCUT2D eigenvalue weighted by atomic mass is 10.1. The second-order valence-corrected chi connectivity index (χ2v) is 8.31. The molecule has 1 atom stereocenters. The van der Waals surface area contributed by atoms with Crippen molar-refractivity contribution in [2.75, 3.05) is 25.6 Å². The highest BCUT2D eigenvalue weighted by molar-refractivity contribution is 8.00. The molecule has 0 radical (unpaired) electrons. The molecule has 1 aromatic heterocycles. The lowest BCUT2D eigenvalue weighted by Crippen LogP contribution is -2.14. The minimum Gasteiger partial charge on any atom is -0.490 e. The molecule has 6 heteroatoms. The molecule has 4 rings (SSSR count). The van der Waals surface area contributed by atoms with Gasteiger partial charge in [0.25, 0.3) is 0 Å². The molecular weight excluding hydrogens is 394 g/mol. The summed E-state index contributed by atoms with van der Waals surface area (Å²) < 4.78 is 5.73. The van der Waals surface area contributed by atoms with E-state index in [-0.39, 0.29) is 0 Å². The average molecular weight is 420 g/mol. The highest BCUT2D eigenvalue weighted by Gasteiger charge is 2.15. The van der Waals surface area contributed by atoms with Crippen molar-refractivity contribution in [3.8, 4) is 16.9 Å².